The van der Waals surface area contributed by atoms with Gasteiger partial charge in [-0.1, -0.05) is 54.1 Å². The molecule has 7 nitrogen and oxygen atoms in total. The molecule has 6 rings (SSSR count). The quantitative estimate of drug-likeness (QED) is 0.251. The molecule has 1 aliphatic heterocycles. The maximum atomic E-state index is 13.1. The van der Waals surface area contributed by atoms with E-state index in [2.05, 4.69) is 5.10 Å². The van der Waals surface area contributed by atoms with Crippen LogP contribution in [0.15, 0.2) is 107 Å². The highest BCUT2D eigenvalue weighted by Gasteiger charge is 2.32. The summed E-state index contributed by atoms with van der Waals surface area (Å²) in [7, 11) is 0. The number of carbonyl (C=O) groups excluding carboxylic acids is 1. The van der Waals surface area contributed by atoms with Gasteiger partial charge in [0.1, 0.15) is 12.4 Å². The van der Waals surface area contributed by atoms with Gasteiger partial charge in [0.25, 0.3) is 0 Å². The van der Waals surface area contributed by atoms with Crippen molar-refractivity contribution in [3.8, 4) is 5.75 Å². The van der Waals surface area contributed by atoms with Crippen molar-refractivity contribution in [1.82, 2.24) is 9.58 Å². The molecule has 1 amide bonds. The lowest BCUT2D eigenvalue weighted by atomic mass is 10.1. The first-order valence-electron chi connectivity index (χ1n) is 12.5. The van der Waals surface area contributed by atoms with E-state index in [1.165, 1.54) is 11.9 Å². The van der Waals surface area contributed by atoms with Gasteiger partial charge in [-0.05, 0) is 54.6 Å². The number of halogens is 1. The lowest BCUT2D eigenvalue weighted by Crippen LogP contribution is -2.36. The first-order chi connectivity index (χ1) is 19.0. The van der Waals surface area contributed by atoms with Gasteiger partial charge in [-0.25, -0.2) is 0 Å². The highest BCUT2D eigenvalue weighted by atomic mass is 35.5. The van der Waals surface area contributed by atoms with E-state index in [0.29, 0.717) is 39.6 Å². The van der Waals surface area contributed by atoms with Gasteiger partial charge in [0.15, 0.2) is 5.43 Å². The van der Waals surface area contributed by atoms with Crippen LogP contribution in [0.3, 0.4) is 0 Å². The number of benzene rings is 4. The summed E-state index contributed by atoms with van der Waals surface area (Å²) in [6.45, 7) is 2.08. The second kappa shape index (κ2) is 10.3. The molecular weight excluding hydrogens is 514 g/mol. The summed E-state index contributed by atoms with van der Waals surface area (Å²) in [5.74, 6) is 0.760. The number of carbonyl (C=O) groups is 1. The van der Waals surface area contributed by atoms with Crippen LogP contribution in [0, 0.1) is 0 Å². The van der Waals surface area contributed by atoms with Crippen LogP contribution < -0.4 is 10.2 Å². The fraction of sp³-hybridized carbons (Fsp3) is 0.129. The van der Waals surface area contributed by atoms with E-state index in [0.717, 1.165) is 16.6 Å². The molecule has 0 spiro atoms. The Labute approximate surface area is 229 Å². The summed E-state index contributed by atoms with van der Waals surface area (Å²) in [5.41, 5.74) is 3.11. The number of rotatable bonds is 6. The SMILES string of the molecule is CC(=O)N1N=C(c2ccc(OCc3ccccc3Cl)cc2)O[C@H]1Cn1c2ccccc2c(=O)c2ccccc21. The highest BCUT2D eigenvalue weighted by molar-refractivity contribution is 6.31. The predicted octanol–water partition coefficient (Wildman–Crippen LogP) is 5.95. The number of hydrazone groups is 1. The molecule has 1 atom stereocenters. The van der Waals surface area contributed by atoms with Crippen LogP contribution in [0.5, 0.6) is 5.75 Å². The average molecular weight is 538 g/mol. The minimum Gasteiger partial charge on any atom is -0.489 e. The third kappa shape index (κ3) is 4.73. The van der Waals surface area contributed by atoms with Crippen molar-refractivity contribution in [2.75, 3.05) is 0 Å². The number of nitrogens with zero attached hydrogens (tertiary/aromatic N) is 3. The maximum absolute atomic E-state index is 13.1. The molecule has 0 radical (unpaired) electrons. The fourth-order valence-corrected chi connectivity index (χ4v) is 4.97. The van der Waals surface area contributed by atoms with Gasteiger partial charge in [-0.15, -0.1) is 5.10 Å². The number of hydrogen-bond acceptors (Lipinski definition) is 5. The van der Waals surface area contributed by atoms with Crippen LogP contribution in [0.2, 0.25) is 5.02 Å². The second-order valence-corrected chi connectivity index (χ2v) is 9.63. The number of para-hydroxylation sites is 2. The zero-order valence-corrected chi connectivity index (χ0v) is 21.8. The molecule has 0 saturated carbocycles. The number of fused-ring (bicyclic) bond motifs is 2. The molecule has 194 valence electrons. The summed E-state index contributed by atoms with van der Waals surface area (Å²) in [6, 6.07) is 29.8. The van der Waals surface area contributed by atoms with Crippen molar-refractivity contribution >= 4 is 45.2 Å². The lowest BCUT2D eigenvalue weighted by molar-refractivity contribution is -0.135. The molecule has 1 aliphatic rings. The zero-order valence-electron chi connectivity index (χ0n) is 21.1. The minimum absolute atomic E-state index is 0.0259. The third-order valence-electron chi connectivity index (χ3n) is 6.71. The van der Waals surface area contributed by atoms with E-state index in [1.807, 2.05) is 102 Å². The van der Waals surface area contributed by atoms with Crippen molar-refractivity contribution < 1.29 is 14.3 Å². The van der Waals surface area contributed by atoms with Crippen LogP contribution >= 0.6 is 11.6 Å². The number of aromatic nitrogens is 1. The number of pyridine rings is 1. The molecule has 0 N–H and O–H groups in total. The summed E-state index contributed by atoms with van der Waals surface area (Å²) < 4.78 is 14.1. The van der Waals surface area contributed by atoms with E-state index < -0.39 is 6.23 Å². The Bertz CT molecular complexity index is 1740. The summed E-state index contributed by atoms with van der Waals surface area (Å²) in [6.07, 6.45) is -0.692. The van der Waals surface area contributed by atoms with Crippen LogP contribution in [-0.2, 0) is 22.7 Å². The van der Waals surface area contributed by atoms with Gasteiger partial charge in [0, 0.05) is 33.8 Å². The summed E-state index contributed by atoms with van der Waals surface area (Å²) >= 11 is 6.22. The van der Waals surface area contributed by atoms with E-state index in [1.54, 1.807) is 0 Å². The smallest absolute Gasteiger partial charge is 0.243 e. The Hall–Kier alpha value is -4.62. The van der Waals surface area contributed by atoms with Gasteiger partial charge in [0.2, 0.25) is 18.0 Å². The molecule has 1 aromatic heterocycles. The predicted molar refractivity (Wildman–Crippen MR) is 152 cm³/mol. The van der Waals surface area contributed by atoms with Crippen molar-refractivity contribution in [2.45, 2.75) is 26.3 Å². The molecule has 2 heterocycles. The van der Waals surface area contributed by atoms with Crippen molar-refractivity contribution in [3.05, 3.63) is 123 Å². The number of amides is 1. The van der Waals surface area contributed by atoms with Crippen molar-refractivity contribution in [1.29, 1.82) is 0 Å². The second-order valence-electron chi connectivity index (χ2n) is 9.22. The Morgan fingerprint density at radius 1 is 0.897 bits per heavy atom. The summed E-state index contributed by atoms with van der Waals surface area (Å²) in [5, 5.41) is 7.71. The van der Waals surface area contributed by atoms with Crippen molar-refractivity contribution in [2.24, 2.45) is 5.10 Å². The molecule has 4 aromatic carbocycles. The standard InChI is InChI=1S/C31H24ClN3O4/c1-20(36)35-29(18-34-27-12-6-3-9-24(27)30(37)25-10-4-7-13-28(25)34)39-31(33-35)21-14-16-23(17-15-21)38-19-22-8-2-5-11-26(22)32/h2-17,29H,18-19H2,1H3/t29-/m0/s1. The topological polar surface area (TPSA) is 73.1 Å². The maximum Gasteiger partial charge on any atom is 0.243 e. The van der Waals surface area contributed by atoms with Crippen LogP contribution in [0.1, 0.15) is 18.1 Å². The van der Waals surface area contributed by atoms with Crippen LogP contribution in [-0.4, -0.2) is 27.6 Å². The first-order valence-corrected chi connectivity index (χ1v) is 12.9. The van der Waals surface area contributed by atoms with Gasteiger partial charge < -0.3 is 14.0 Å². The molecule has 39 heavy (non-hydrogen) atoms. The van der Waals surface area contributed by atoms with Gasteiger partial charge in [-0.2, -0.15) is 5.01 Å². The normalized spacial score (nSPS) is 14.9. The molecule has 0 fully saturated rings. The third-order valence-corrected chi connectivity index (χ3v) is 7.08. The Kier molecular flexibility index (Phi) is 6.50. The van der Waals surface area contributed by atoms with Crippen molar-refractivity contribution in [3.63, 3.8) is 0 Å². The van der Waals surface area contributed by atoms with E-state index in [-0.39, 0.29) is 17.9 Å². The molecule has 0 aliphatic carbocycles. The van der Waals surface area contributed by atoms with Gasteiger partial charge in [-0.3, -0.25) is 9.59 Å². The largest absolute Gasteiger partial charge is 0.489 e. The molecule has 8 heteroatoms. The van der Waals surface area contributed by atoms with E-state index in [4.69, 9.17) is 21.1 Å². The minimum atomic E-state index is -0.692. The first kappa shape index (κ1) is 24.7. The van der Waals surface area contributed by atoms with Crippen LogP contribution in [0.4, 0.5) is 0 Å². The molecule has 5 aromatic rings. The average Bonchev–Trinajstić information content (AvgIpc) is 3.39. The summed E-state index contributed by atoms with van der Waals surface area (Å²) in [4.78, 5) is 25.7. The lowest BCUT2D eigenvalue weighted by Gasteiger charge is -2.23. The highest BCUT2D eigenvalue weighted by Crippen LogP contribution is 2.26. The number of hydrogen-bond donors (Lipinski definition) is 0. The van der Waals surface area contributed by atoms with Gasteiger partial charge in [0.05, 0.1) is 17.6 Å². The van der Waals surface area contributed by atoms with E-state index in [9.17, 15) is 9.59 Å². The van der Waals surface area contributed by atoms with Gasteiger partial charge >= 0.3 is 0 Å². The molecule has 0 bridgehead atoms. The molecule has 0 saturated heterocycles. The molecule has 0 unspecified atom stereocenters. The molecular formula is C31H24ClN3O4. The Balaban J connectivity index is 1.27. The Morgan fingerprint density at radius 2 is 1.51 bits per heavy atom. The zero-order chi connectivity index (χ0) is 26.9. The van der Waals surface area contributed by atoms with E-state index >= 15 is 0 Å². The Morgan fingerprint density at radius 3 is 2.15 bits per heavy atom. The fourth-order valence-electron chi connectivity index (χ4n) is 4.78. The number of ether oxygens (including phenoxy) is 2. The van der Waals surface area contributed by atoms with Crippen LogP contribution in [0.25, 0.3) is 21.8 Å². The monoisotopic (exact) mass is 537 g/mol.